The summed E-state index contributed by atoms with van der Waals surface area (Å²) in [6.45, 7) is 3.79. The number of nitrogens with zero attached hydrogens (tertiary/aromatic N) is 3. The third kappa shape index (κ3) is 4.10. The molecule has 0 unspecified atom stereocenters. The molecule has 0 radical (unpaired) electrons. The number of alkyl halides is 3. The van der Waals surface area contributed by atoms with E-state index in [4.69, 9.17) is 9.47 Å². The van der Waals surface area contributed by atoms with Crippen LogP contribution in [0.25, 0.3) is 0 Å². The van der Waals surface area contributed by atoms with E-state index in [0.717, 1.165) is 6.07 Å². The summed E-state index contributed by atoms with van der Waals surface area (Å²) in [5.41, 5.74) is -2.64. The van der Waals surface area contributed by atoms with Gasteiger partial charge >= 0.3 is 12.1 Å². The van der Waals surface area contributed by atoms with Crippen LogP contribution in [-0.2, 0) is 17.5 Å². The molecule has 0 saturated carbocycles. The number of aromatic nitrogens is 2. The van der Waals surface area contributed by atoms with Crippen LogP contribution in [0.15, 0.2) is 24.4 Å². The number of hydrogen-bond donors (Lipinski definition) is 0. The molecule has 2 rings (SSSR count). The Morgan fingerprint density at radius 3 is 2.58 bits per heavy atom. The number of nitro benzene ring substituents is 1. The molecule has 11 heteroatoms. The van der Waals surface area contributed by atoms with Crippen molar-refractivity contribution in [1.82, 2.24) is 9.78 Å². The van der Waals surface area contributed by atoms with E-state index in [9.17, 15) is 28.1 Å². The number of ether oxygens (including phenoxy) is 2. The molecular formula is C15H14F3N3O5. The average molecular weight is 373 g/mol. The molecule has 26 heavy (non-hydrogen) atoms. The number of halogens is 3. The van der Waals surface area contributed by atoms with Crippen LogP contribution in [0.5, 0.6) is 11.6 Å². The number of aryl methyl sites for hydroxylation is 1. The van der Waals surface area contributed by atoms with Gasteiger partial charge in [0.2, 0.25) is 0 Å². The lowest BCUT2D eigenvalue weighted by molar-refractivity contribution is -0.388. The molecule has 0 amide bonds. The number of benzene rings is 1. The summed E-state index contributed by atoms with van der Waals surface area (Å²) < 4.78 is 50.6. The molecular weight excluding hydrogens is 359 g/mol. The SMILES string of the molecule is CCOC(=O)c1cn(CC)nc1Oc1ccc([N+](=O)[O-])c(C(F)(F)F)c1. The summed E-state index contributed by atoms with van der Waals surface area (Å²) >= 11 is 0. The number of esters is 1. The highest BCUT2D eigenvalue weighted by Gasteiger charge is 2.38. The Hall–Kier alpha value is -3.11. The lowest BCUT2D eigenvalue weighted by Gasteiger charge is -2.10. The summed E-state index contributed by atoms with van der Waals surface area (Å²) in [6.07, 6.45) is -3.61. The first-order valence-corrected chi connectivity index (χ1v) is 7.45. The number of carbonyl (C=O) groups excluding carboxylic acids is 1. The predicted molar refractivity (Wildman–Crippen MR) is 82.0 cm³/mol. The van der Waals surface area contributed by atoms with Gasteiger partial charge in [0, 0.05) is 24.9 Å². The number of nitro groups is 1. The van der Waals surface area contributed by atoms with Crippen LogP contribution in [0, 0.1) is 10.1 Å². The maximum Gasteiger partial charge on any atom is 0.423 e. The third-order valence-electron chi connectivity index (χ3n) is 3.23. The molecule has 0 aliphatic carbocycles. The molecule has 0 fully saturated rings. The fourth-order valence-electron chi connectivity index (χ4n) is 2.07. The number of carbonyl (C=O) groups is 1. The quantitative estimate of drug-likeness (QED) is 0.434. The average Bonchev–Trinajstić information content (AvgIpc) is 2.97. The first-order valence-electron chi connectivity index (χ1n) is 7.45. The molecule has 140 valence electrons. The van der Waals surface area contributed by atoms with Crippen molar-refractivity contribution in [3.8, 4) is 11.6 Å². The van der Waals surface area contributed by atoms with Crippen LogP contribution >= 0.6 is 0 Å². The summed E-state index contributed by atoms with van der Waals surface area (Å²) in [7, 11) is 0. The number of hydrogen-bond acceptors (Lipinski definition) is 6. The van der Waals surface area contributed by atoms with Gasteiger partial charge in [-0.05, 0) is 19.9 Å². The summed E-state index contributed by atoms with van der Waals surface area (Å²) in [5.74, 6) is -1.36. The smallest absolute Gasteiger partial charge is 0.423 e. The lowest BCUT2D eigenvalue weighted by Crippen LogP contribution is -2.09. The Morgan fingerprint density at radius 2 is 2.04 bits per heavy atom. The maximum absolute atomic E-state index is 13.0. The van der Waals surface area contributed by atoms with Crippen molar-refractivity contribution in [2.75, 3.05) is 6.61 Å². The van der Waals surface area contributed by atoms with Crippen LogP contribution in [-0.4, -0.2) is 27.3 Å². The molecule has 0 bridgehead atoms. The van der Waals surface area contributed by atoms with Crippen molar-refractivity contribution >= 4 is 11.7 Å². The third-order valence-corrected chi connectivity index (χ3v) is 3.23. The Balaban J connectivity index is 2.44. The molecule has 0 N–H and O–H groups in total. The van der Waals surface area contributed by atoms with Crippen molar-refractivity contribution < 1.29 is 32.4 Å². The molecule has 1 heterocycles. The van der Waals surface area contributed by atoms with E-state index < -0.39 is 28.3 Å². The Kier molecular flexibility index (Phi) is 5.48. The summed E-state index contributed by atoms with van der Waals surface area (Å²) in [6, 6.07) is 2.16. The second-order valence-electron chi connectivity index (χ2n) is 4.96. The van der Waals surface area contributed by atoms with Crippen molar-refractivity contribution in [3.05, 3.63) is 45.6 Å². The monoisotopic (exact) mass is 373 g/mol. The highest BCUT2D eigenvalue weighted by Crippen LogP contribution is 2.39. The fraction of sp³-hybridized carbons (Fsp3) is 0.333. The Morgan fingerprint density at radius 1 is 1.35 bits per heavy atom. The van der Waals surface area contributed by atoms with Gasteiger partial charge in [-0.15, -0.1) is 5.10 Å². The van der Waals surface area contributed by atoms with Crippen LogP contribution in [0.2, 0.25) is 0 Å². The van der Waals surface area contributed by atoms with E-state index in [-0.39, 0.29) is 23.8 Å². The summed E-state index contributed by atoms with van der Waals surface area (Å²) in [4.78, 5) is 21.6. The zero-order valence-corrected chi connectivity index (χ0v) is 13.7. The van der Waals surface area contributed by atoms with Gasteiger partial charge in [-0.2, -0.15) is 13.2 Å². The van der Waals surface area contributed by atoms with Crippen molar-refractivity contribution in [2.45, 2.75) is 26.6 Å². The van der Waals surface area contributed by atoms with Gasteiger partial charge in [0.05, 0.1) is 11.5 Å². The standard InChI is InChI=1S/C15H14F3N3O5/c1-3-20-8-10(14(22)25-4-2)13(19-20)26-9-5-6-12(21(23)24)11(7-9)15(16,17)18/h5-8H,3-4H2,1-2H3. The number of rotatable bonds is 6. The van der Waals surface area contributed by atoms with E-state index in [0.29, 0.717) is 18.7 Å². The molecule has 0 saturated heterocycles. The van der Waals surface area contributed by atoms with E-state index in [1.54, 1.807) is 13.8 Å². The van der Waals surface area contributed by atoms with Crippen molar-refractivity contribution in [3.63, 3.8) is 0 Å². The topological polar surface area (TPSA) is 96.5 Å². The fourth-order valence-corrected chi connectivity index (χ4v) is 2.07. The highest BCUT2D eigenvalue weighted by molar-refractivity contribution is 5.91. The second kappa shape index (κ2) is 7.42. The van der Waals surface area contributed by atoms with E-state index in [1.807, 2.05) is 0 Å². The first kappa shape index (κ1) is 19.2. The van der Waals surface area contributed by atoms with Crippen LogP contribution in [0.3, 0.4) is 0 Å². The zero-order valence-electron chi connectivity index (χ0n) is 13.7. The predicted octanol–water partition coefficient (Wildman–Crippen LogP) is 3.80. The molecule has 8 nitrogen and oxygen atoms in total. The molecule has 0 spiro atoms. The minimum atomic E-state index is -4.95. The Bertz CT molecular complexity index is 832. The normalized spacial score (nSPS) is 11.3. The first-order chi connectivity index (χ1) is 12.2. The zero-order chi connectivity index (χ0) is 19.5. The van der Waals surface area contributed by atoms with E-state index in [1.165, 1.54) is 10.9 Å². The molecule has 1 aromatic carbocycles. The van der Waals surface area contributed by atoms with Gasteiger partial charge in [-0.25, -0.2) is 4.79 Å². The molecule has 0 atom stereocenters. The summed E-state index contributed by atoms with van der Waals surface area (Å²) in [5, 5.41) is 14.7. The molecule has 2 aromatic rings. The van der Waals surface area contributed by atoms with Gasteiger partial charge in [0.15, 0.2) is 0 Å². The van der Waals surface area contributed by atoms with E-state index in [2.05, 4.69) is 5.10 Å². The van der Waals surface area contributed by atoms with Gasteiger partial charge in [-0.3, -0.25) is 14.8 Å². The molecule has 1 aromatic heterocycles. The second-order valence-corrected chi connectivity index (χ2v) is 4.96. The van der Waals surface area contributed by atoms with Crippen molar-refractivity contribution in [2.24, 2.45) is 0 Å². The van der Waals surface area contributed by atoms with Crippen molar-refractivity contribution in [1.29, 1.82) is 0 Å². The minimum absolute atomic E-state index is 0.0689. The van der Waals surface area contributed by atoms with Gasteiger partial charge in [-0.1, -0.05) is 0 Å². The van der Waals surface area contributed by atoms with Crippen LogP contribution in [0.1, 0.15) is 29.8 Å². The van der Waals surface area contributed by atoms with Gasteiger partial charge < -0.3 is 9.47 Å². The molecule has 0 aliphatic rings. The Labute approximate surface area is 145 Å². The lowest BCUT2D eigenvalue weighted by atomic mass is 10.1. The van der Waals surface area contributed by atoms with Gasteiger partial charge in [0.25, 0.3) is 11.6 Å². The highest BCUT2D eigenvalue weighted by atomic mass is 19.4. The minimum Gasteiger partial charge on any atom is -0.462 e. The maximum atomic E-state index is 13.0. The molecule has 0 aliphatic heterocycles. The van der Waals surface area contributed by atoms with Gasteiger partial charge in [0.1, 0.15) is 16.9 Å². The van der Waals surface area contributed by atoms with Crippen LogP contribution in [0.4, 0.5) is 18.9 Å². The van der Waals surface area contributed by atoms with Crippen LogP contribution < -0.4 is 4.74 Å². The largest absolute Gasteiger partial charge is 0.462 e. The van der Waals surface area contributed by atoms with E-state index >= 15 is 0 Å².